The topological polar surface area (TPSA) is 49.8 Å². The molecule has 0 aliphatic carbocycles. The highest BCUT2D eigenvalue weighted by Gasteiger charge is 2.27. The summed E-state index contributed by atoms with van der Waals surface area (Å²) in [5.74, 6) is 0.996. The molecule has 1 fully saturated rings. The third-order valence-corrected chi connectivity index (χ3v) is 3.79. The molecule has 1 amide bonds. The summed E-state index contributed by atoms with van der Waals surface area (Å²) >= 11 is 0. The van der Waals surface area contributed by atoms with Gasteiger partial charge in [-0.1, -0.05) is 18.2 Å². The van der Waals surface area contributed by atoms with Gasteiger partial charge in [-0.25, -0.2) is 0 Å². The van der Waals surface area contributed by atoms with E-state index in [1.165, 1.54) is 0 Å². The molecule has 110 valence electrons. The van der Waals surface area contributed by atoms with E-state index in [0.717, 1.165) is 30.7 Å². The van der Waals surface area contributed by atoms with Crippen molar-refractivity contribution >= 4 is 5.91 Å². The average molecular weight is 277 g/mol. The minimum atomic E-state index is 0.0182. The van der Waals surface area contributed by atoms with Crippen LogP contribution in [0, 0.1) is 0 Å². The van der Waals surface area contributed by atoms with Gasteiger partial charge in [-0.3, -0.25) is 4.79 Å². The largest absolute Gasteiger partial charge is 0.494 e. The second-order valence-corrected chi connectivity index (χ2v) is 5.11. The molecule has 1 aliphatic heterocycles. The molecule has 0 spiro atoms. The maximum Gasteiger partial charge on any atom is 0.223 e. The summed E-state index contributed by atoms with van der Waals surface area (Å²) in [7, 11) is 0. The van der Waals surface area contributed by atoms with Gasteiger partial charge in [-0.05, 0) is 37.8 Å². The van der Waals surface area contributed by atoms with Crippen molar-refractivity contribution in [1.29, 1.82) is 0 Å². The van der Waals surface area contributed by atoms with Crippen LogP contribution < -0.4 is 4.74 Å². The Balaban J connectivity index is 1.93. The van der Waals surface area contributed by atoms with Crippen molar-refractivity contribution in [2.75, 3.05) is 19.8 Å². The number of benzene rings is 1. The molecule has 0 unspecified atom stereocenters. The maximum absolute atomic E-state index is 12.2. The maximum atomic E-state index is 12.2. The number of carbonyl (C=O) groups is 1. The van der Waals surface area contributed by atoms with Crippen molar-refractivity contribution in [3.8, 4) is 5.75 Å². The first kappa shape index (κ1) is 14.9. The number of aryl methyl sites for hydroxylation is 1. The van der Waals surface area contributed by atoms with E-state index in [9.17, 15) is 9.90 Å². The van der Waals surface area contributed by atoms with Gasteiger partial charge in [-0.15, -0.1) is 0 Å². The third kappa shape index (κ3) is 3.51. The summed E-state index contributed by atoms with van der Waals surface area (Å²) < 4.78 is 5.57. The van der Waals surface area contributed by atoms with E-state index >= 15 is 0 Å². The predicted molar refractivity (Wildman–Crippen MR) is 77.8 cm³/mol. The molecule has 1 N–H and O–H groups in total. The standard InChI is InChI=1S/C16H23NO3/c1-2-20-15-8-4-3-6-13(15)9-10-16(19)17-11-5-7-14(17)12-18/h3-4,6,8,14,18H,2,5,7,9-12H2,1H3/t14-/m1/s1. The van der Waals surface area contributed by atoms with Crippen LogP contribution in [0.3, 0.4) is 0 Å². The van der Waals surface area contributed by atoms with Crippen LogP contribution in [0.15, 0.2) is 24.3 Å². The molecule has 0 bridgehead atoms. The normalized spacial score (nSPS) is 18.3. The first-order valence-corrected chi connectivity index (χ1v) is 7.37. The summed E-state index contributed by atoms with van der Waals surface area (Å²) in [6.07, 6.45) is 3.06. The zero-order valence-electron chi connectivity index (χ0n) is 12.0. The second-order valence-electron chi connectivity index (χ2n) is 5.11. The van der Waals surface area contributed by atoms with Crippen LogP contribution in [-0.2, 0) is 11.2 Å². The van der Waals surface area contributed by atoms with Gasteiger partial charge >= 0.3 is 0 Å². The molecule has 0 radical (unpaired) electrons. The molecule has 1 heterocycles. The number of nitrogens with zero attached hydrogens (tertiary/aromatic N) is 1. The predicted octanol–water partition coefficient (Wildman–Crippen LogP) is 2.00. The molecule has 2 rings (SSSR count). The fourth-order valence-electron chi connectivity index (χ4n) is 2.75. The van der Waals surface area contributed by atoms with Gasteiger partial charge in [0.25, 0.3) is 0 Å². The molecular weight excluding hydrogens is 254 g/mol. The molecule has 0 aromatic heterocycles. The van der Waals surface area contributed by atoms with Crippen molar-refractivity contribution in [2.45, 2.75) is 38.6 Å². The number of hydrogen-bond donors (Lipinski definition) is 1. The molecule has 1 saturated heterocycles. The Morgan fingerprint density at radius 2 is 2.25 bits per heavy atom. The summed E-state index contributed by atoms with van der Waals surface area (Å²) in [4.78, 5) is 14.1. The van der Waals surface area contributed by atoms with E-state index in [0.29, 0.717) is 19.4 Å². The van der Waals surface area contributed by atoms with E-state index < -0.39 is 0 Å². The number of hydrogen-bond acceptors (Lipinski definition) is 3. The van der Waals surface area contributed by atoms with Gasteiger partial charge in [0.15, 0.2) is 0 Å². The lowest BCUT2D eigenvalue weighted by atomic mass is 10.1. The number of rotatable bonds is 6. The first-order chi connectivity index (χ1) is 9.76. The SMILES string of the molecule is CCOc1ccccc1CCC(=O)N1CCC[C@@H]1CO. The lowest BCUT2D eigenvalue weighted by Gasteiger charge is -2.23. The van der Waals surface area contributed by atoms with Crippen molar-refractivity contribution in [3.63, 3.8) is 0 Å². The highest BCUT2D eigenvalue weighted by atomic mass is 16.5. The number of likely N-dealkylation sites (tertiary alicyclic amines) is 1. The van der Waals surface area contributed by atoms with Crippen molar-refractivity contribution in [1.82, 2.24) is 4.90 Å². The van der Waals surface area contributed by atoms with Crippen LogP contribution in [0.5, 0.6) is 5.75 Å². The fourth-order valence-corrected chi connectivity index (χ4v) is 2.75. The number of aliphatic hydroxyl groups excluding tert-OH is 1. The van der Waals surface area contributed by atoms with Crippen LogP contribution in [0.1, 0.15) is 31.7 Å². The van der Waals surface area contributed by atoms with E-state index in [1.54, 1.807) is 0 Å². The van der Waals surface area contributed by atoms with Crippen LogP contribution >= 0.6 is 0 Å². The van der Waals surface area contributed by atoms with Gasteiger partial charge < -0.3 is 14.7 Å². The minimum Gasteiger partial charge on any atom is -0.494 e. The number of amides is 1. The first-order valence-electron chi connectivity index (χ1n) is 7.37. The molecule has 20 heavy (non-hydrogen) atoms. The van der Waals surface area contributed by atoms with Crippen LogP contribution in [-0.4, -0.2) is 41.7 Å². The minimum absolute atomic E-state index is 0.0182. The van der Waals surface area contributed by atoms with Crippen LogP contribution in [0.4, 0.5) is 0 Å². The lowest BCUT2D eigenvalue weighted by molar-refractivity contribution is -0.132. The zero-order valence-corrected chi connectivity index (χ0v) is 12.0. The third-order valence-electron chi connectivity index (χ3n) is 3.79. The molecule has 4 nitrogen and oxygen atoms in total. The van der Waals surface area contributed by atoms with E-state index in [4.69, 9.17) is 4.74 Å². The Bertz CT molecular complexity index is 447. The smallest absolute Gasteiger partial charge is 0.223 e. The van der Waals surface area contributed by atoms with Gasteiger partial charge in [0.2, 0.25) is 5.91 Å². The Hall–Kier alpha value is -1.55. The zero-order chi connectivity index (χ0) is 14.4. The van der Waals surface area contributed by atoms with E-state index in [2.05, 4.69) is 0 Å². The van der Waals surface area contributed by atoms with E-state index in [1.807, 2.05) is 36.1 Å². The molecular formula is C16H23NO3. The average Bonchev–Trinajstić information content (AvgIpc) is 2.95. The van der Waals surface area contributed by atoms with Crippen molar-refractivity contribution < 1.29 is 14.6 Å². The second kappa shape index (κ2) is 7.29. The Labute approximate surface area is 120 Å². The summed E-state index contributed by atoms with van der Waals surface area (Å²) in [6.45, 7) is 3.43. The summed E-state index contributed by atoms with van der Waals surface area (Å²) in [5.41, 5.74) is 1.07. The van der Waals surface area contributed by atoms with Gasteiger partial charge in [0, 0.05) is 13.0 Å². The lowest BCUT2D eigenvalue weighted by Crippen LogP contribution is -2.37. The molecule has 1 atom stereocenters. The van der Waals surface area contributed by atoms with Gasteiger partial charge in [-0.2, -0.15) is 0 Å². The molecule has 1 aliphatic rings. The van der Waals surface area contributed by atoms with Crippen LogP contribution in [0.25, 0.3) is 0 Å². The number of aliphatic hydroxyl groups is 1. The van der Waals surface area contributed by atoms with Crippen LogP contribution in [0.2, 0.25) is 0 Å². The monoisotopic (exact) mass is 277 g/mol. The van der Waals surface area contributed by atoms with Crippen molar-refractivity contribution in [3.05, 3.63) is 29.8 Å². The number of para-hydroxylation sites is 1. The van der Waals surface area contributed by atoms with E-state index in [-0.39, 0.29) is 18.6 Å². The summed E-state index contributed by atoms with van der Waals surface area (Å²) in [5, 5.41) is 9.27. The Morgan fingerprint density at radius 1 is 1.45 bits per heavy atom. The molecule has 0 saturated carbocycles. The Morgan fingerprint density at radius 3 is 3.00 bits per heavy atom. The molecule has 4 heteroatoms. The quantitative estimate of drug-likeness (QED) is 0.865. The van der Waals surface area contributed by atoms with Gasteiger partial charge in [0.05, 0.1) is 19.3 Å². The summed E-state index contributed by atoms with van der Waals surface area (Å²) in [6, 6.07) is 7.87. The van der Waals surface area contributed by atoms with Crippen molar-refractivity contribution in [2.24, 2.45) is 0 Å². The molecule has 1 aromatic rings. The van der Waals surface area contributed by atoms with Gasteiger partial charge in [0.1, 0.15) is 5.75 Å². The number of ether oxygens (including phenoxy) is 1. The molecule has 1 aromatic carbocycles. The Kier molecular flexibility index (Phi) is 5.41. The fraction of sp³-hybridized carbons (Fsp3) is 0.562. The number of carbonyl (C=O) groups excluding carboxylic acids is 1. The highest BCUT2D eigenvalue weighted by molar-refractivity contribution is 5.77. The highest BCUT2D eigenvalue weighted by Crippen LogP contribution is 2.22.